The van der Waals surface area contributed by atoms with Crippen molar-refractivity contribution in [3.8, 4) is 0 Å². The van der Waals surface area contributed by atoms with Gasteiger partial charge in [-0.3, -0.25) is 4.79 Å². The van der Waals surface area contributed by atoms with E-state index in [0.717, 1.165) is 30.7 Å². The van der Waals surface area contributed by atoms with Crippen LogP contribution in [-0.4, -0.2) is 50.9 Å². The minimum Gasteiger partial charge on any atom is -0.477 e. The Labute approximate surface area is 198 Å². The first-order valence-corrected chi connectivity index (χ1v) is 11.9. The minimum atomic E-state index is -1.07. The number of fused-ring (bicyclic) bond motifs is 1. The summed E-state index contributed by atoms with van der Waals surface area (Å²) in [6.07, 6.45) is 2.20. The molecule has 1 aromatic rings. The number of hydrogen-bond acceptors (Lipinski definition) is 6. The maximum absolute atomic E-state index is 12.5. The highest BCUT2D eigenvalue weighted by atomic mass is 35.5. The molecule has 0 aromatic heterocycles. The molecule has 1 aliphatic carbocycles. The number of amides is 1. The van der Waals surface area contributed by atoms with Gasteiger partial charge in [-0.1, -0.05) is 31.2 Å². The molecular weight excluding hydrogens is 450 g/mol. The van der Waals surface area contributed by atoms with Crippen molar-refractivity contribution < 1.29 is 19.8 Å². The number of nitrogens with one attached hydrogen (secondary N) is 1. The van der Waals surface area contributed by atoms with Crippen molar-refractivity contribution in [1.29, 1.82) is 0 Å². The zero-order chi connectivity index (χ0) is 22.1. The molecule has 1 amide bonds. The second-order valence-electron chi connectivity index (χ2n) is 9.49. The average Bonchev–Trinajstić information content (AvgIpc) is 3.21. The fourth-order valence-electron chi connectivity index (χ4n) is 5.38. The number of β-lactam (4-membered cyclic amide) rings is 1. The number of carbonyl (C=O) groups excluding carboxylic acids is 1. The first-order chi connectivity index (χ1) is 14.7. The van der Waals surface area contributed by atoms with Gasteiger partial charge in [0.2, 0.25) is 5.91 Å². The van der Waals surface area contributed by atoms with Crippen molar-refractivity contribution >= 4 is 36.0 Å². The number of thioether (sulfide) groups is 1. The van der Waals surface area contributed by atoms with Gasteiger partial charge >= 0.3 is 5.97 Å². The SMILES string of the molecule is C[C@@H](O)[C@H]1C(=O)N2C(C(=O)O)=C(S[C@@H]3CN[C@@H](c4ccc(C5(N)CC5)cc4)C3)[C@H](C)[C@H]12.Cl. The number of carboxylic acids is 1. The highest BCUT2D eigenvalue weighted by Gasteiger charge is 2.60. The summed E-state index contributed by atoms with van der Waals surface area (Å²) in [5.74, 6) is -1.96. The maximum atomic E-state index is 12.5. The van der Waals surface area contributed by atoms with E-state index < -0.39 is 18.0 Å². The molecule has 0 radical (unpaired) electrons. The van der Waals surface area contributed by atoms with Crippen molar-refractivity contribution in [3.05, 3.63) is 46.0 Å². The molecule has 1 saturated carbocycles. The number of rotatable bonds is 6. The Kier molecular flexibility index (Phi) is 6.13. The zero-order valence-corrected chi connectivity index (χ0v) is 19.8. The third-order valence-electron chi connectivity index (χ3n) is 7.37. The van der Waals surface area contributed by atoms with Crippen LogP contribution in [0.5, 0.6) is 0 Å². The Bertz CT molecular complexity index is 962. The summed E-state index contributed by atoms with van der Waals surface area (Å²) in [5.41, 5.74) is 8.67. The maximum Gasteiger partial charge on any atom is 0.353 e. The Morgan fingerprint density at radius 3 is 2.53 bits per heavy atom. The summed E-state index contributed by atoms with van der Waals surface area (Å²) in [6, 6.07) is 8.50. The molecule has 3 heterocycles. The van der Waals surface area contributed by atoms with E-state index in [2.05, 4.69) is 29.6 Å². The normalized spacial score (nSPS) is 33.4. The van der Waals surface area contributed by atoms with Crippen LogP contribution >= 0.6 is 24.2 Å². The van der Waals surface area contributed by atoms with Crippen molar-refractivity contribution in [3.63, 3.8) is 0 Å². The number of hydrogen-bond donors (Lipinski definition) is 4. The molecule has 0 spiro atoms. The van der Waals surface area contributed by atoms with Gasteiger partial charge in [0.15, 0.2) is 0 Å². The molecule has 32 heavy (non-hydrogen) atoms. The summed E-state index contributed by atoms with van der Waals surface area (Å²) >= 11 is 1.58. The summed E-state index contributed by atoms with van der Waals surface area (Å²) in [7, 11) is 0. The van der Waals surface area contributed by atoms with Crippen LogP contribution in [0.2, 0.25) is 0 Å². The number of nitrogens with zero attached hydrogens (tertiary/aromatic N) is 1. The number of benzene rings is 1. The Hall–Kier alpha value is -1.58. The highest BCUT2D eigenvalue weighted by Crippen LogP contribution is 2.52. The number of aliphatic hydroxyl groups excluding tert-OH is 1. The Morgan fingerprint density at radius 1 is 1.31 bits per heavy atom. The van der Waals surface area contributed by atoms with Crippen molar-refractivity contribution in [2.45, 2.75) is 62.1 Å². The van der Waals surface area contributed by atoms with Crippen LogP contribution in [0.3, 0.4) is 0 Å². The highest BCUT2D eigenvalue weighted by molar-refractivity contribution is 8.03. The summed E-state index contributed by atoms with van der Waals surface area (Å²) < 4.78 is 0. The molecule has 174 valence electrons. The second kappa shape index (κ2) is 8.33. The van der Waals surface area contributed by atoms with Crippen LogP contribution in [0.25, 0.3) is 0 Å². The van der Waals surface area contributed by atoms with Crippen LogP contribution in [0, 0.1) is 11.8 Å². The van der Waals surface area contributed by atoms with Crippen LogP contribution in [-0.2, 0) is 15.1 Å². The van der Waals surface area contributed by atoms with Crippen LogP contribution in [0.1, 0.15) is 50.3 Å². The summed E-state index contributed by atoms with van der Waals surface area (Å²) in [6.45, 7) is 4.35. The molecular formula is C23H30ClN3O4S. The van der Waals surface area contributed by atoms with E-state index in [1.807, 2.05) is 6.92 Å². The zero-order valence-electron chi connectivity index (χ0n) is 18.2. The molecule has 7 nitrogen and oxygen atoms in total. The van der Waals surface area contributed by atoms with E-state index in [9.17, 15) is 19.8 Å². The molecule has 0 unspecified atom stereocenters. The molecule has 5 N–H and O–H groups in total. The standard InChI is InChI=1S/C23H29N3O4S.ClH/c1-11-18-17(12(2)27)21(28)26(18)19(22(29)30)20(11)31-15-9-16(25-10-15)13-3-5-14(6-4-13)23(24)7-8-23;/h3-6,11-12,15-18,25,27H,7-10,24H2,1-2H3,(H,29,30);1H/t11-,12-,15+,16-,17-,18-;/m1./s1. The monoisotopic (exact) mass is 479 g/mol. The lowest BCUT2D eigenvalue weighted by molar-refractivity contribution is -0.163. The van der Waals surface area contributed by atoms with Crippen molar-refractivity contribution in [1.82, 2.24) is 10.2 Å². The van der Waals surface area contributed by atoms with Gasteiger partial charge in [-0.2, -0.15) is 0 Å². The number of aliphatic hydroxyl groups is 1. The number of carboxylic acid groups (broad SMARTS) is 1. The summed E-state index contributed by atoms with van der Waals surface area (Å²) in [4.78, 5) is 26.7. The number of halogens is 1. The van der Waals surface area contributed by atoms with E-state index in [1.165, 1.54) is 16.0 Å². The predicted octanol–water partition coefficient (Wildman–Crippen LogP) is 2.35. The lowest BCUT2D eigenvalue weighted by atomic mass is 9.79. The summed E-state index contributed by atoms with van der Waals surface area (Å²) in [5, 5.41) is 23.6. The first kappa shape index (κ1) is 23.6. The largest absolute Gasteiger partial charge is 0.477 e. The lowest BCUT2D eigenvalue weighted by Crippen LogP contribution is -2.63. The lowest BCUT2D eigenvalue weighted by Gasteiger charge is -2.46. The van der Waals surface area contributed by atoms with Gasteiger partial charge in [-0.25, -0.2) is 4.79 Å². The molecule has 6 atom stereocenters. The van der Waals surface area contributed by atoms with E-state index in [4.69, 9.17) is 5.73 Å². The Balaban J connectivity index is 0.00000245. The van der Waals surface area contributed by atoms with Crippen molar-refractivity contribution in [2.24, 2.45) is 17.6 Å². The number of carbonyl (C=O) groups is 2. The third kappa shape index (κ3) is 3.66. The van der Waals surface area contributed by atoms with E-state index >= 15 is 0 Å². The molecule has 5 rings (SSSR count). The van der Waals surface area contributed by atoms with Crippen LogP contribution in [0.15, 0.2) is 34.9 Å². The molecule has 1 aromatic carbocycles. The van der Waals surface area contributed by atoms with E-state index in [-0.39, 0.29) is 52.8 Å². The average molecular weight is 480 g/mol. The van der Waals surface area contributed by atoms with Gasteiger partial charge in [0.25, 0.3) is 0 Å². The fraction of sp³-hybridized carbons (Fsp3) is 0.565. The fourth-order valence-corrected chi connectivity index (χ4v) is 6.85. The van der Waals surface area contributed by atoms with E-state index in [0.29, 0.717) is 0 Å². The van der Waals surface area contributed by atoms with Gasteiger partial charge in [0.05, 0.1) is 18.1 Å². The minimum absolute atomic E-state index is 0. The third-order valence-corrected chi connectivity index (χ3v) is 8.88. The molecule has 2 saturated heterocycles. The second-order valence-corrected chi connectivity index (χ2v) is 10.8. The van der Waals surface area contributed by atoms with Gasteiger partial charge < -0.3 is 26.2 Å². The topological polar surface area (TPSA) is 116 Å². The smallest absolute Gasteiger partial charge is 0.353 e. The quantitative estimate of drug-likeness (QED) is 0.463. The van der Waals surface area contributed by atoms with Gasteiger partial charge in [0.1, 0.15) is 5.70 Å². The van der Waals surface area contributed by atoms with E-state index in [1.54, 1.807) is 18.7 Å². The molecule has 4 aliphatic rings. The molecule has 9 heteroatoms. The van der Waals surface area contributed by atoms with Gasteiger partial charge in [-0.15, -0.1) is 24.2 Å². The predicted molar refractivity (Wildman–Crippen MR) is 125 cm³/mol. The van der Waals surface area contributed by atoms with Gasteiger partial charge in [0, 0.05) is 34.2 Å². The van der Waals surface area contributed by atoms with Crippen LogP contribution in [0.4, 0.5) is 0 Å². The number of aliphatic carboxylic acids is 1. The van der Waals surface area contributed by atoms with Gasteiger partial charge in [-0.05, 0) is 37.3 Å². The van der Waals surface area contributed by atoms with Crippen molar-refractivity contribution in [2.75, 3.05) is 6.54 Å². The van der Waals surface area contributed by atoms with Crippen LogP contribution < -0.4 is 11.1 Å². The number of nitrogens with two attached hydrogens (primary N) is 1. The Morgan fingerprint density at radius 2 is 1.97 bits per heavy atom. The molecule has 0 bridgehead atoms. The molecule has 3 aliphatic heterocycles. The first-order valence-electron chi connectivity index (χ1n) is 11.0. The molecule has 3 fully saturated rings.